The Morgan fingerprint density at radius 2 is 1.96 bits per heavy atom. The summed E-state index contributed by atoms with van der Waals surface area (Å²) in [6.07, 6.45) is 4.25. The molecule has 0 bridgehead atoms. The number of hydrogen-bond acceptors (Lipinski definition) is 4. The van der Waals surface area contributed by atoms with E-state index in [1.54, 1.807) is 12.1 Å². The molecule has 4 nitrogen and oxygen atoms in total. The lowest BCUT2D eigenvalue weighted by Gasteiger charge is -2.24. The van der Waals surface area contributed by atoms with Gasteiger partial charge in [-0.2, -0.15) is 0 Å². The highest BCUT2D eigenvalue weighted by molar-refractivity contribution is 5.90. The maximum atomic E-state index is 12.1. The molecule has 1 saturated heterocycles. The zero-order chi connectivity index (χ0) is 17.0. The largest absolute Gasteiger partial charge is 0.456 e. The van der Waals surface area contributed by atoms with Crippen molar-refractivity contribution in [2.75, 3.05) is 20.1 Å². The third-order valence-corrected chi connectivity index (χ3v) is 3.94. The first-order valence-electron chi connectivity index (χ1n) is 8.13. The summed E-state index contributed by atoms with van der Waals surface area (Å²) < 4.78 is 5.38. The predicted octanol–water partition coefficient (Wildman–Crippen LogP) is 3.24. The van der Waals surface area contributed by atoms with Gasteiger partial charge in [0.15, 0.2) is 0 Å². The summed E-state index contributed by atoms with van der Waals surface area (Å²) in [5.74, 6) is -0.356. The van der Waals surface area contributed by atoms with E-state index in [4.69, 9.17) is 4.74 Å². The highest BCUT2D eigenvalue weighted by atomic mass is 16.6. The van der Waals surface area contributed by atoms with E-state index in [-0.39, 0.29) is 12.6 Å². The minimum atomic E-state index is -0.523. The lowest BCUT2D eigenvalue weighted by atomic mass is 9.97. The molecule has 2 rings (SSSR count). The highest BCUT2D eigenvalue weighted by Crippen LogP contribution is 2.22. The third kappa shape index (κ3) is 5.19. The molecule has 0 aromatic heterocycles. The molecule has 1 aromatic rings. The molecule has 0 spiro atoms. The Kier molecular flexibility index (Phi) is 5.60. The molecule has 0 saturated carbocycles. The molecule has 0 atom stereocenters. The Hall–Kier alpha value is -1.65. The molecule has 0 aliphatic carbocycles. The zero-order valence-corrected chi connectivity index (χ0v) is 14.6. The van der Waals surface area contributed by atoms with Crippen molar-refractivity contribution < 1.29 is 14.6 Å². The van der Waals surface area contributed by atoms with E-state index in [1.165, 1.54) is 5.57 Å². The van der Waals surface area contributed by atoms with Crippen molar-refractivity contribution in [3.63, 3.8) is 0 Å². The SMILES string of the molecule is CN1CCC(=Cc2ccc(C(=O)OC(C)(C)C)cc2CO)CC1. The second kappa shape index (κ2) is 7.28. The van der Waals surface area contributed by atoms with Crippen LogP contribution >= 0.6 is 0 Å². The summed E-state index contributed by atoms with van der Waals surface area (Å²) in [5, 5.41) is 9.64. The smallest absolute Gasteiger partial charge is 0.338 e. The van der Waals surface area contributed by atoms with Crippen LogP contribution in [-0.2, 0) is 11.3 Å². The van der Waals surface area contributed by atoms with Crippen LogP contribution in [0.2, 0.25) is 0 Å². The van der Waals surface area contributed by atoms with Crippen LogP contribution in [0, 0.1) is 0 Å². The fourth-order valence-electron chi connectivity index (χ4n) is 2.62. The highest BCUT2D eigenvalue weighted by Gasteiger charge is 2.18. The van der Waals surface area contributed by atoms with Crippen LogP contribution in [0.5, 0.6) is 0 Å². The van der Waals surface area contributed by atoms with Crippen molar-refractivity contribution in [1.29, 1.82) is 0 Å². The zero-order valence-electron chi connectivity index (χ0n) is 14.6. The van der Waals surface area contributed by atoms with Crippen molar-refractivity contribution in [3.05, 3.63) is 40.5 Å². The fraction of sp³-hybridized carbons (Fsp3) is 0.526. The van der Waals surface area contributed by atoms with E-state index in [9.17, 15) is 9.90 Å². The molecule has 1 fully saturated rings. The third-order valence-electron chi connectivity index (χ3n) is 3.94. The lowest BCUT2D eigenvalue weighted by molar-refractivity contribution is 0.00694. The number of aliphatic hydroxyl groups is 1. The molecule has 1 N–H and O–H groups in total. The molecule has 1 aliphatic heterocycles. The van der Waals surface area contributed by atoms with Gasteiger partial charge in [-0.3, -0.25) is 0 Å². The number of hydrogen-bond donors (Lipinski definition) is 1. The van der Waals surface area contributed by atoms with Crippen molar-refractivity contribution in [2.24, 2.45) is 0 Å². The average molecular weight is 317 g/mol. The number of carbonyl (C=O) groups is 1. The van der Waals surface area contributed by atoms with E-state index in [0.29, 0.717) is 5.56 Å². The molecule has 23 heavy (non-hydrogen) atoms. The molecule has 1 heterocycles. The first kappa shape index (κ1) is 17.7. The van der Waals surface area contributed by atoms with Gasteiger partial charge in [-0.1, -0.05) is 17.7 Å². The quantitative estimate of drug-likeness (QED) is 0.870. The van der Waals surface area contributed by atoms with Crippen LogP contribution in [0.4, 0.5) is 0 Å². The summed E-state index contributed by atoms with van der Waals surface area (Å²) in [5.41, 5.74) is 3.10. The molecule has 4 heteroatoms. The van der Waals surface area contributed by atoms with Gasteiger partial charge in [0.25, 0.3) is 0 Å². The number of likely N-dealkylation sites (tertiary alicyclic amines) is 1. The van der Waals surface area contributed by atoms with Crippen LogP contribution in [0.15, 0.2) is 23.8 Å². The molecule has 1 aromatic carbocycles. The van der Waals surface area contributed by atoms with Gasteiger partial charge in [0.05, 0.1) is 12.2 Å². The molecular weight excluding hydrogens is 290 g/mol. The maximum Gasteiger partial charge on any atom is 0.338 e. The Balaban J connectivity index is 2.20. The summed E-state index contributed by atoms with van der Waals surface area (Å²) in [6, 6.07) is 5.40. The summed E-state index contributed by atoms with van der Waals surface area (Å²) >= 11 is 0. The molecule has 126 valence electrons. The number of piperidine rings is 1. The number of ether oxygens (including phenoxy) is 1. The Labute approximate surface area is 138 Å². The summed E-state index contributed by atoms with van der Waals surface area (Å²) in [4.78, 5) is 14.5. The van der Waals surface area contributed by atoms with E-state index in [2.05, 4.69) is 18.0 Å². The minimum absolute atomic E-state index is 0.0876. The lowest BCUT2D eigenvalue weighted by Crippen LogP contribution is -2.26. The second-order valence-corrected chi connectivity index (χ2v) is 7.18. The van der Waals surface area contributed by atoms with Gasteiger partial charge in [0, 0.05) is 13.1 Å². The summed E-state index contributed by atoms with van der Waals surface area (Å²) in [6.45, 7) is 7.58. The van der Waals surface area contributed by atoms with Gasteiger partial charge >= 0.3 is 5.97 Å². The van der Waals surface area contributed by atoms with Crippen LogP contribution in [0.3, 0.4) is 0 Å². The average Bonchev–Trinajstić information content (AvgIpc) is 2.48. The van der Waals surface area contributed by atoms with Crippen LogP contribution in [-0.4, -0.2) is 41.7 Å². The minimum Gasteiger partial charge on any atom is -0.456 e. The van der Waals surface area contributed by atoms with Crippen molar-refractivity contribution in [3.8, 4) is 0 Å². The van der Waals surface area contributed by atoms with Gasteiger partial charge in [0.1, 0.15) is 5.60 Å². The van der Waals surface area contributed by atoms with Gasteiger partial charge in [-0.05, 0) is 63.9 Å². The molecule has 0 unspecified atom stereocenters. The van der Waals surface area contributed by atoms with Crippen LogP contribution in [0.1, 0.15) is 55.1 Å². The number of rotatable bonds is 3. The molecular formula is C19H27NO3. The number of carbonyl (C=O) groups excluding carboxylic acids is 1. The van der Waals surface area contributed by atoms with Gasteiger partial charge in [0.2, 0.25) is 0 Å². The van der Waals surface area contributed by atoms with Gasteiger partial charge < -0.3 is 14.7 Å². The number of aliphatic hydroxyl groups excluding tert-OH is 1. The van der Waals surface area contributed by atoms with Gasteiger partial charge in [-0.25, -0.2) is 4.79 Å². The molecule has 0 amide bonds. The maximum absolute atomic E-state index is 12.1. The van der Waals surface area contributed by atoms with Crippen molar-refractivity contribution in [1.82, 2.24) is 4.90 Å². The standard InChI is InChI=1S/C19H27NO3/c1-19(2,3)23-18(22)16-6-5-15(17(12-16)13-21)11-14-7-9-20(4)10-8-14/h5-6,11-12,21H,7-10,13H2,1-4H3. The number of benzene rings is 1. The van der Waals surface area contributed by atoms with E-state index in [0.717, 1.165) is 37.1 Å². The topological polar surface area (TPSA) is 49.8 Å². The Morgan fingerprint density at radius 3 is 2.52 bits per heavy atom. The molecule has 0 radical (unpaired) electrons. The van der Waals surface area contributed by atoms with Gasteiger partial charge in [-0.15, -0.1) is 0 Å². The van der Waals surface area contributed by atoms with Crippen molar-refractivity contribution >= 4 is 12.0 Å². The summed E-state index contributed by atoms with van der Waals surface area (Å²) in [7, 11) is 2.13. The first-order valence-corrected chi connectivity index (χ1v) is 8.13. The molecule has 1 aliphatic rings. The Bertz CT molecular complexity index is 589. The number of nitrogens with zero attached hydrogens (tertiary/aromatic N) is 1. The fourth-order valence-corrected chi connectivity index (χ4v) is 2.62. The predicted molar refractivity (Wildman–Crippen MR) is 92.2 cm³/mol. The number of esters is 1. The van der Waals surface area contributed by atoms with E-state index in [1.807, 2.05) is 26.8 Å². The van der Waals surface area contributed by atoms with Crippen molar-refractivity contribution in [2.45, 2.75) is 45.8 Å². The van der Waals surface area contributed by atoms with Crippen LogP contribution in [0.25, 0.3) is 6.08 Å². The second-order valence-electron chi connectivity index (χ2n) is 7.18. The van der Waals surface area contributed by atoms with E-state index >= 15 is 0 Å². The van der Waals surface area contributed by atoms with E-state index < -0.39 is 5.60 Å². The Morgan fingerprint density at radius 1 is 1.30 bits per heavy atom. The normalized spacial score (nSPS) is 16.3. The first-order chi connectivity index (χ1) is 10.8. The monoisotopic (exact) mass is 317 g/mol. The van der Waals surface area contributed by atoms with Crippen LogP contribution < -0.4 is 0 Å².